The number of Topliss-reactive ketones (excluding diaryl/α,β-unsaturated/α-hetero) is 1. The number of carbonyl (C=O) groups excluding carboxylic acids is 3. The summed E-state index contributed by atoms with van der Waals surface area (Å²) in [5, 5.41) is 1.42. The number of hydrogen-bond donors (Lipinski definition) is 0. The summed E-state index contributed by atoms with van der Waals surface area (Å²) in [5.74, 6) is -3.21. The summed E-state index contributed by atoms with van der Waals surface area (Å²) in [7, 11) is 0. The number of hydrogen-bond acceptors (Lipinski definition) is 3. The van der Waals surface area contributed by atoms with Crippen molar-refractivity contribution in [2.24, 2.45) is 11.8 Å². The molecule has 2 bridgehead atoms. The lowest BCUT2D eigenvalue weighted by atomic mass is 9.59. The lowest BCUT2D eigenvalue weighted by molar-refractivity contribution is -0.130. The lowest BCUT2D eigenvalue weighted by Crippen LogP contribution is -2.45. The van der Waals surface area contributed by atoms with E-state index in [0.29, 0.717) is 43.0 Å². The predicted octanol–water partition coefficient (Wildman–Crippen LogP) is 9.14. The van der Waals surface area contributed by atoms with Crippen molar-refractivity contribution in [3.8, 4) is 0 Å². The summed E-state index contributed by atoms with van der Waals surface area (Å²) in [4.78, 5) is 47.3. The molecule has 7 heteroatoms. The number of fused-ring (bicyclic) bond motifs is 5. The van der Waals surface area contributed by atoms with Gasteiger partial charge in [-0.2, -0.15) is 0 Å². The Morgan fingerprint density at radius 2 is 0.979 bits per heavy atom. The Labute approximate surface area is 287 Å². The third kappa shape index (κ3) is 3.93. The van der Waals surface area contributed by atoms with Gasteiger partial charge < -0.3 is 0 Å². The molecule has 5 aromatic rings. The van der Waals surface area contributed by atoms with Crippen LogP contribution in [0, 0.1) is 18.8 Å². The molecular formula is C40H26Cl3NO3. The highest BCUT2D eigenvalue weighted by Gasteiger charge is 2.82. The maximum absolute atomic E-state index is 15.9. The quantitative estimate of drug-likeness (QED) is 0.175. The largest absolute Gasteiger partial charge is 0.297 e. The molecule has 1 saturated carbocycles. The predicted molar refractivity (Wildman–Crippen MR) is 187 cm³/mol. The molecule has 1 saturated heterocycles. The zero-order chi connectivity index (χ0) is 32.7. The van der Waals surface area contributed by atoms with Gasteiger partial charge in [0, 0.05) is 15.1 Å². The maximum atomic E-state index is 15.9. The van der Waals surface area contributed by atoms with E-state index < -0.39 is 34.5 Å². The molecule has 3 aliphatic rings. The van der Waals surface area contributed by atoms with Gasteiger partial charge in [-0.15, -0.1) is 0 Å². The van der Waals surface area contributed by atoms with Crippen LogP contribution in [0.5, 0.6) is 0 Å². The number of nitrogens with zero attached hydrogens (tertiary/aromatic N) is 1. The van der Waals surface area contributed by atoms with Crippen molar-refractivity contribution in [1.82, 2.24) is 0 Å². The van der Waals surface area contributed by atoms with Crippen LogP contribution >= 0.6 is 34.8 Å². The van der Waals surface area contributed by atoms with Gasteiger partial charge in [-0.05, 0) is 82.3 Å². The lowest BCUT2D eigenvalue weighted by Gasteiger charge is -2.39. The molecule has 47 heavy (non-hydrogen) atoms. The summed E-state index contributed by atoms with van der Waals surface area (Å²) in [5.41, 5.74) is 2.34. The summed E-state index contributed by atoms with van der Waals surface area (Å²) >= 11 is 19.4. The van der Waals surface area contributed by atoms with E-state index in [0.717, 1.165) is 16.7 Å². The van der Waals surface area contributed by atoms with Crippen molar-refractivity contribution < 1.29 is 14.4 Å². The first-order valence-electron chi connectivity index (χ1n) is 15.3. The van der Waals surface area contributed by atoms with Crippen molar-refractivity contribution in [2.75, 3.05) is 4.90 Å². The normalized spacial score (nSPS) is 24.8. The fourth-order valence-electron chi connectivity index (χ4n) is 8.33. The second-order valence-corrected chi connectivity index (χ2v) is 13.6. The average Bonchev–Trinajstić information content (AvgIpc) is 3.59. The maximum Gasteiger partial charge on any atom is 0.239 e. The van der Waals surface area contributed by atoms with E-state index in [9.17, 15) is 0 Å². The molecule has 4 atom stereocenters. The molecule has 2 aliphatic carbocycles. The number of imide groups is 1. The minimum absolute atomic E-state index is 0.217. The monoisotopic (exact) mass is 673 g/mol. The average molecular weight is 675 g/mol. The number of allylic oxidation sites excluding steroid dienone is 2. The molecule has 4 nitrogen and oxygen atoms in total. The van der Waals surface area contributed by atoms with E-state index >= 15 is 14.4 Å². The van der Waals surface area contributed by atoms with Crippen LogP contribution in [0.2, 0.25) is 15.1 Å². The Hall–Kier alpha value is -4.48. The number of ketones is 1. The third-order valence-corrected chi connectivity index (χ3v) is 11.0. The van der Waals surface area contributed by atoms with E-state index in [2.05, 4.69) is 0 Å². The van der Waals surface area contributed by atoms with E-state index in [4.69, 9.17) is 34.8 Å². The second-order valence-electron chi connectivity index (χ2n) is 12.3. The van der Waals surface area contributed by atoms with Crippen LogP contribution in [0.1, 0.15) is 27.8 Å². The standard InChI is InChI=1S/C40H26Cl3NO3/c1-23-12-21-30(22-31(23)43)44-36(45)34-35(37(44)46)40(27-15-19-29(42)20-16-27)33(25-10-6-3-7-11-25)32(24-8-4-2-5-9-24)39(34,38(40)47)26-13-17-28(41)18-14-26/h2-22,34-35H,1H3/t34-,35-,39-,40-/m0/s1. The van der Waals surface area contributed by atoms with Crippen molar-refractivity contribution in [1.29, 1.82) is 0 Å². The molecule has 0 aromatic heterocycles. The van der Waals surface area contributed by atoms with Crippen LogP contribution in [0.4, 0.5) is 5.69 Å². The van der Waals surface area contributed by atoms with Crippen LogP contribution in [-0.4, -0.2) is 17.6 Å². The van der Waals surface area contributed by atoms with Crippen LogP contribution in [-0.2, 0) is 25.2 Å². The molecule has 8 rings (SSSR count). The van der Waals surface area contributed by atoms with Crippen molar-refractivity contribution in [2.45, 2.75) is 17.8 Å². The fraction of sp³-hybridized carbons (Fsp3) is 0.125. The summed E-state index contributed by atoms with van der Waals surface area (Å²) in [6.07, 6.45) is 0. The number of halogens is 3. The molecule has 2 amide bonds. The van der Waals surface area contributed by atoms with Crippen LogP contribution in [0.3, 0.4) is 0 Å². The summed E-state index contributed by atoms with van der Waals surface area (Å²) in [6.45, 7) is 1.86. The molecule has 1 heterocycles. The number of anilines is 1. The first-order valence-corrected chi connectivity index (χ1v) is 16.4. The van der Waals surface area contributed by atoms with Gasteiger partial charge in [-0.3, -0.25) is 14.4 Å². The molecule has 0 radical (unpaired) electrons. The van der Waals surface area contributed by atoms with Crippen LogP contribution in [0.15, 0.2) is 127 Å². The number of rotatable bonds is 5. The van der Waals surface area contributed by atoms with Crippen LogP contribution in [0.25, 0.3) is 11.1 Å². The van der Waals surface area contributed by atoms with Crippen molar-refractivity contribution in [3.05, 3.63) is 170 Å². The summed E-state index contributed by atoms with van der Waals surface area (Å²) in [6, 6.07) is 38.7. The van der Waals surface area contributed by atoms with Gasteiger partial charge in [0.25, 0.3) is 0 Å². The van der Waals surface area contributed by atoms with Gasteiger partial charge in [-0.25, -0.2) is 4.90 Å². The molecule has 0 N–H and O–H groups in total. The number of carbonyl (C=O) groups is 3. The second kappa shape index (κ2) is 10.8. The molecule has 1 aliphatic heterocycles. The van der Waals surface area contributed by atoms with Crippen molar-refractivity contribution >= 4 is 69.2 Å². The Morgan fingerprint density at radius 3 is 1.38 bits per heavy atom. The highest BCUT2D eigenvalue weighted by atomic mass is 35.5. The molecule has 2 fully saturated rings. The number of aryl methyl sites for hydroxylation is 1. The minimum Gasteiger partial charge on any atom is -0.297 e. The molecule has 0 unspecified atom stereocenters. The Morgan fingerprint density at radius 1 is 0.553 bits per heavy atom. The van der Waals surface area contributed by atoms with E-state index in [1.54, 1.807) is 42.5 Å². The Balaban J connectivity index is 1.55. The Bertz CT molecular complexity index is 2020. The molecule has 0 spiro atoms. The molecular weight excluding hydrogens is 649 g/mol. The topological polar surface area (TPSA) is 54.5 Å². The van der Waals surface area contributed by atoms with Crippen molar-refractivity contribution in [3.63, 3.8) is 0 Å². The van der Waals surface area contributed by atoms with Gasteiger partial charge in [0.2, 0.25) is 11.8 Å². The van der Waals surface area contributed by atoms with Gasteiger partial charge in [-0.1, -0.05) is 126 Å². The Kier molecular flexibility index (Phi) is 6.86. The molecule has 5 aromatic carbocycles. The van der Waals surface area contributed by atoms with Gasteiger partial charge >= 0.3 is 0 Å². The smallest absolute Gasteiger partial charge is 0.239 e. The minimum atomic E-state index is -1.53. The number of amides is 2. The number of benzene rings is 5. The zero-order valence-electron chi connectivity index (χ0n) is 25.1. The first kappa shape index (κ1) is 29.9. The first-order chi connectivity index (χ1) is 22.7. The van der Waals surface area contributed by atoms with Gasteiger partial charge in [0.15, 0.2) is 5.78 Å². The van der Waals surface area contributed by atoms with E-state index in [-0.39, 0.29) is 5.78 Å². The molecule has 230 valence electrons. The van der Waals surface area contributed by atoms with Crippen LogP contribution < -0.4 is 4.90 Å². The van der Waals surface area contributed by atoms with E-state index in [1.165, 1.54) is 4.90 Å². The SMILES string of the molecule is Cc1ccc(N2C(=O)[C@@H]3[C@@H](C2=O)[C@@]2(c4ccc(Cl)cc4)C(=O)[C@@]3(c3ccc(Cl)cc3)C(c3ccccc3)=C2c2ccccc2)cc1Cl. The highest BCUT2D eigenvalue weighted by Crippen LogP contribution is 2.74. The van der Waals surface area contributed by atoms with E-state index in [1.807, 2.05) is 91.9 Å². The zero-order valence-corrected chi connectivity index (χ0v) is 27.4. The van der Waals surface area contributed by atoms with Gasteiger partial charge in [0.05, 0.1) is 28.4 Å². The van der Waals surface area contributed by atoms with Gasteiger partial charge in [0.1, 0.15) is 0 Å². The summed E-state index contributed by atoms with van der Waals surface area (Å²) < 4.78 is 0. The third-order valence-electron chi connectivity index (χ3n) is 10.1. The fourth-order valence-corrected chi connectivity index (χ4v) is 8.76. The highest BCUT2D eigenvalue weighted by molar-refractivity contribution is 6.39.